The second-order valence-corrected chi connectivity index (χ2v) is 6.81. The number of rotatable bonds is 4. The number of non-ortho nitro benzene ring substituents is 1. The van der Waals surface area contributed by atoms with Crippen molar-refractivity contribution in [1.29, 1.82) is 0 Å². The number of cyclic esters (lactones) is 1. The van der Waals surface area contributed by atoms with Crippen LogP contribution in [0.25, 0.3) is 17.4 Å². The molecule has 29 heavy (non-hydrogen) atoms. The van der Waals surface area contributed by atoms with Crippen LogP contribution in [0.3, 0.4) is 0 Å². The third-order valence-electron chi connectivity index (χ3n) is 4.05. The predicted octanol–water partition coefficient (Wildman–Crippen LogP) is 5.51. The molecule has 2 heterocycles. The van der Waals surface area contributed by atoms with Crippen molar-refractivity contribution in [1.82, 2.24) is 0 Å². The third kappa shape index (κ3) is 3.91. The van der Waals surface area contributed by atoms with E-state index in [9.17, 15) is 14.9 Å². The highest BCUT2D eigenvalue weighted by Crippen LogP contribution is 2.32. The Hall–Kier alpha value is -3.42. The lowest BCUT2D eigenvalue weighted by molar-refractivity contribution is -0.384. The third-order valence-corrected chi connectivity index (χ3v) is 4.61. The summed E-state index contributed by atoms with van der Waals surface area (Å²) in [7, 11) is 0. The van der Waals surface area contributed by atoms with E-state index in [1.807, 2.05) is 0 Å². The lowest BCUT2D eigenvalue weighted by Gasteiger charge is -2.01. The average Bonchev–Trinajstić information content (AvgIpc) is 3.31. The van der Waals surface area contributed by atoms with Crippen LogP contribution in [0.2, 0.25) is 10.0 Å². The summed E-state index contributed by atoms with van der Waals surface area (Å²) in [6, 6.07) is 13.9. The van der Waals surface area contributed by atoms with E-state index >= 15 is 0 Å². The first kappa shape index (κ1) is 18.9. The minimum atomic E-state index is -0.655. The first-order chi connectivity index (χ1) is 13.9. The maximum absolute atomic E-state index is 12.1. The van der Waals surface area contributed by atoms with E-state index in [1.54, 1.807) is 30.3 Å². The van der Waals surface area contributed by atoms with Gasteiger partial charge in [0.2, 0.25) is 5.90 Å². The Morgan fingerprint density at radius 2 is 1.79 bits per heavy atom. The number of aliphatic imine (C=N–C) groups is 1. The van der Waals surface area contributed by atoms with Gasteiger partial charge in [-0.05, 0) is 42.5 Å². The molecule has 4 rings (SSSR count). The molecule has 0 aliphatic carbocycles. The number of hydrogen-bond acceptors (Lipinski definition) is 6. The van der Waals surface area contributed by atoms with E-state index in [0.717, 1.165) is 0 Å². The lowest BCUT2D eigenvalue weighted by atomic mass is 10.2. The molecule has 0 N–H and O–H groups in total. The van der Waals surface area contributed by atoms with Gasteiger partial charge in [-0.2, -0.15) is 0 Å². The summed E-state index contributed by atoms with van der Waals surface area (Å²) in [6.07, 6.45) is 1.43. The molecule has 2 aromatic carbocycles. The number of carbonyl (C=O) groups excluding carboxylic acids is 1. The van der Waals surface area contributed by atoms with Crippen LogP contribution in [0, 0.1) is 10.1 Å². The van der Waals surface area contributed by atoms with Crippen molar-refractivity contribution in [3.05, 3.63) is 91.8 Å². The Bertz CT molecular complexity index is 1200. The summed E-state index contributed by atoms with van der Waals surface area (Å²) in [5, 5.41) is 11.7. The Morgan fingerprint density at radius 3 is 2.52 bits per heavy atom. The van der Waals surface area contributed by atoms with Crippen molar-refractivity contribution in [3.63, 3.8) is 0 Å². The van der Waals surface area contributed by atoms with Crippen molar-refractivity contribution in [2.75, 3.05) is 0 Å². The van der Waals surface area contributed by atoms with E-state index in [2.05, 4.69) is 4.99 Å². The minimum absolute atomic E-state index is 0.0384. The second-order valence-electron chi connectivity index (χ2n) is 5.97. The molecule has 0 radical (unpaired) electrons. The van der Waals surface area contributed by atoms with Gasteiger partial charge in [0, 0.05) is 34.4 Å². The first-order valence-electron chi connectivity index (χ1n) is 8.23. The van der Waals surface area contributed by atoms with Gasteiger partial charge < -0.3 is 9.15 Å². The van der Waals surface area contributed by atoms with Crippen molar-refractivity contribution < 1.29 is 18.9 Å². The molecule has 0 atom stereocenters. The number of furan rings is 1. The Balaban J connectivity index is 1.61. The second kappa shape index (κ2) is 7.54. The van der Waals surface area contributed by atoms with Gasteiger partial charge in [-0.25, -0.2) is 9.79 Å². The topological polar surface area (TPSA) is 94.9 Å². The molecule has 7 nitrogen and oxygen atoms in total. The van der Waals surface area contributed by atoms with Gasteiger partial charge in [-0.1, -0.05) is 23.2 Å². The summed E-state index contributed by atoms with van der Waals surface area (Å²) in [5.41, 5.74) is 1.03. The fourth-order valence-corrected chi connectivity index (χ4v) is 3.04. The van der Waals surface area contributed by atoms with Crippen LogP contribution in [0.1, 0.15) is 11.3 Å². The van der Waals surface area contributed by atoms with Crippen molar-refractivity contribution >= 4 is 46.8 Å². The Morgan fingerprint density at radius 1 is 1.03 bits per heavy atom. The number of hydrogen-bond donors (Lipinski definition) is 0. The van der Waals surface area contributed by atoms with Crippen molar-refractivity contribution in [3.8, 4) is 11.3 Å². The fraction of sp³-hybridized carbons (Fsp3) is 0. The highest BCUT2D eigenvalue weighted by atomic mass is 35.5. The van der Waals surface area contributed by atoms with Crippen LogP contribution in [-0.4, -0.2) is 16.8 Å². The van der Waals surface area contributed by atoms with Crippen LogP contribution >= 0.6 is 23.2 Å². The molecule has 0 fully saturated rings. The molecule has 1 aliphatic rings. The van der Waals surface area contributed by atoms with Crippen LogP contribution in [0.5, 0.6) is 0 Å². The highest BCUT2D eigenvalue weighted by Gasteiger charge is 2.25. The van der Waals surface area contributed by atoms with Crippen molar-refractivity contribution in [2.24, 2.45) is 4.99 Å². The number of nitro benzene ring substituents is 1. The maximum Gasteiger partial charge on any atom is 0.363 e. The normalized spacial score (nSPS) is 14.8. The van der Waals surface area contributed by atoms with E-state index in [0.29, 0.717) is 32.7 Å². The first-order valence-corrected chi connectivity index (χ1v) is 8.99. The highest BCUT2D eigenvalue weighted by molar-refractivity contribution is 6.35. The molecule has 1 aromatic heterocycles. The summed E-state index contributed by atoms with van der Waals surface area (Å²) in [4.78, 5) is 26.5. The van der Waals surface area contributed by atoms with Gasteiger partial charge in [0.25, 0.3) is 5.69 Å². The maximum atomic E-state index is 12.1. The van der Waals surface area contributed by atoms with Gasteiger partial charge in [0.1, 0.15) is 11.5 Å². The summed E-state index contributed by atoms with van der Waals surface area (Å²) in [5.74, 6) is 0.255. The number of nitro groups is 1. The van der Waals surface area contributed by atoms with Gasteiger partial charge in [0.05, 0.1) is 9.95 Å². The average molecular weight is 429 g/mol. The molecule has 3 aromatic rings. The molecule has 144 valence electrons. The van der Waals surface area contributed by atoms with Gasteiger partial charge in [-0.15, -0.1) is 0 Å². The standard InChI is InChI=1S/C20H10Cl2N2O5/c21-12-3-7-16(22)15(9-12)18-8-6-14(28-18)10-17-20(25)29-19(23-17)11-1-4-13(5-2-11)24(26)27/h1-10H/b17-10-. The van der Waals surface area contributed by atoms with E-state index in [1.165, 1.54) is 30.3 Å². The monoisotopic (exact) mass is 428 g/mol. The van der Waals surface area contributed by atoms with Crippen LogP contribution in [-0.2, 0) is 9.53 Å². The summed E-state index contributed by atoms with van der Waals surface area (Å²) < 4.78 is 10.9. The zero-order chi connectivity index (χ0) is 20.5. The van der Waals surface area contributed by atoms with Crippen molar-refractivity contribution in [2.45, 2.75) is 0 Å². The molecule has 0 amide bonds. The number of carbonyl (C=O) groups is 1. The number of benzene rings is 2. The Labute approximate surface area is 174 Å². The zero-order valence-corrected chi connectivity index (χ0v) is 16.0. The summed E-state index contributed by atoms with van der Waals surface area (Å²) >= 11 is 12.2. The van der Waals surface area contributed by atoms with Crippen LogP contribution in [0.4, 0.5) is 5.69 Å². The molecule has 1 aliphatic heterocycles. The van der Waals surface area contributed by atoms with Gasteiger partial charge >= 0.3 is 5.97 Å². The molecule has 0 bridgehead atoms. The molecular formula is C20H10Cl2N2O5. The number of esters is 1. The van der Waals surface area contributed by atoms with E-state index in [4.69, 9.17) is 32.4 Å². The molecule has 0 spiro atoms. The molecule has 0 saturated heterocycles. The lowest BCUT2D eigenvalue weighted by Crippen LogP contribution is -2.05. The van der Waals surface area contributed by atoms with Crippen LogP contribution < -0.4 is 0 Å². The zero-order valence-electron chi connectivity index (χ0n) is 14.5. The fourth-order valence-electron chi connectivity index (χ4n) is 2.65. The van der Waals surface area contributed by atoms with E-state index in [-0.39, 0.29) is 17.3 Å². The number of nitrogens with zero attached hydrogens (tertiary/aromatic N) is 2. The van der Waals surface area contributed by atoms with Crippen LogP contribution in [0.15, 0.2) is 69.7 Å². The van der Waals surface area contributed by atoms with E-state index < -0.39 is 10.9 Å². The quantitative estimate of drug-likeness (QED) is 0.236. The molecule has 0 saturated carbocycles. The summed E-state index contributed by atoms with van der Waals surface area (Å²) in [6.45, 7) is 0. The molecule has 9 heteroatoms. The smallest absolute Gasteiger partial charge is 0.363 e. The molecular weight excluding hydrogens is 419 g/mol. The number of halogens is 2. The number of ether oxygens (including phenoxy) is 1. The van der Waals surface area contributed by atoms with Gasteiger partial charge in [0.15, 0.2) is 5.70 Å². The Kier molecular flexibility index (Phi) is 4.92. The predicted molar refractivity (Wildman–Crippen MR) is 108 cm³/mol. The minimum Gasteiger partial charge on any atom is -0.457 e. The molecule has 0 unspecified atom stereocenters. The SMILES string of the molecule is O=C1OC(c2ccc([N+](=O)[O-])cc2)=N/C1=C\c1ccc(-c2cc(Cl)ccc2Cl)o1. The largest absolute Gasteiger partial charge is 0.457 e. The van der Waals surface area contributed by atoms with Gasteiger partial charge in [-0.3, -0.25) is 10.1 Å².